The number of benzene rings is 2. The average Bonchev–Trinajstić information content (AvgIpc) is 3.55. The highest BCUT2D eigenvalue weighted by Crippen LogP contribution is 2.48. The minimum Gasteiger partial charge on any atom is -0.465 e. The quantitative estimate of drug-likeness (QED) is 0.219. The first-order valence-corrected chi connectivity index (χ1v) is 16.6. The summed E-state index contributed by atoms with van der Waals surface area (Å²) in [5.41, 5.74) is 6.97. The number of imidazole rings is 1. The average molecular weight is 621 g/mol. The Kier molecular flexibility index (Phi) is 7.62. The molecule has 0 atom stereocenters. The number of carbonyl (C=O) groups is 2. The number of ether oxygens (including phenoxy) is 1. The molecule has 46 heavy (non-hydrogen) atoms. The van der Waals surface area contributed by atoms with Crippen molar-refractivity contribution in [2.75, 3.05) is 30.4 Å². The Labute approximate surface area is 271 Å². The normalized spacial score (nSPS) is 21.0. The van der Waals surface area contributed by atoms with Crippen LogP contribution in [0.3, 0.4) is 0 Å². The van der Waals surface area contributed by atoms with Crippen molar-refractivity contribution in [1.29, 1.82) is 0 Å². The van der Waals surface area contributed by atoms with Crippen LogP contribution in [-0.2, 0) is 14.9 Å². The standard InChI is InChI=1S/C37H44N6O3/c1-22(2)42-21-38-31-20-30(40-34(33(31)42)39-25-12-10-23(3)28(17-25)35(44)46-6)24-11-13-29-32(16-24)43(36(45)37(29,4)5)27-18-26(19-27)41-14-8-7-9-15-41/h10-13,16-17,20-22,26-27H,7-9,14-15,18-19H2,1-6H3,(H,39,40). The molecule has 1 N–H and O–H groups in total. The van der Waals surface area contributed by atoms with Crippen LogP contribution in [0.15, 0.2) is 48.8 Å². The number of aromatic nitrogens is 3. The number of nitrogens with zero attached hydrogens (tertiary/aromatic N) is 5. The number of hydrogen-bond donors (Lipinski definition) is 1. The molecule has 1 saturated carbocycles. The molecule has 4 aromatic rings. The topological polar surface area (TPSA) is 92.6 Å². The summed E-state index contributed by atoms with van der Waals surface area (Å²) in [6.45, 7) is 12.6. The summed E-state index contributed by atoms with van der Waals surface area (Å²) in [4.78, 5) is 41.0. The first-order valence-electron chi connectivity index (χ1n) is 16.6. The van der Waals surface area contributed by atoms with Gasteiger partial charge in [0.2, 0.25) is 5.91 Å². The largest absolute Gasteiger partial charge is 0.465 e. The van der Waals surface area contributed by atoms with Gasteiger partial charge in [-0.3, -0.25) is 4.79 Å². The number of esters is 1. The van der Waals surface area contributed by atoms with E-state index in [1.54, 1.807) is 6.07 Å². The molecule has 2 aromatic carbocycles. The Balaban J connectivity index is 1.26. The van der Waals surface area contributed by atoms with Gasteiger partial charge in [0.25, 0.3) is 0 Å². The smallest absolute Gasteiger partial charge is 0.338 e. The number of piperidine rings is 1. The number of pyridine rings is 1. The highest BCUT2D eigenvalue weighted by atomic mass is 16.5. The van der Waals surface area contributed by atoms with Crippen molar-refractivity contribution in [2.45, 2.75) is 90.3 Å². The molecule has 1 amide bonds. The van der Waals surface area contributed by atoms with Gasteiger partial charge < -0.3 is 24.4 Å². The lowest BCUT2D eigenvalue weighted by molar-refractivity contribution is -0.123. The van der Waals surface area contributed by atoms with E-state index in [0.29, 0.717) is 17.4 Å². The van der Waals surface area contributed by atoms with Crippen LogP contribution in [0, 0.1) is 6.92 Å². The van der Waals surface area contributed by atoms with Gasteiger partial charge in [-0.2, -0.15) is 0 Å². The third-order valence-corrected chi connectivity index (χ3v) is 10.4. The van der Waals surface area contributed by atoms with E-state index < -0.39 is 5.41 Å². The maximum absolute atomic E-state index is 13.9. The number of methoxy groups -OCH3 is 1. The van der Waals surface area contributed by atoms with Gasteiger partial charge in [-0.25, -0.2) is 14.8 Å². The number of anilines is 3. The Morgan fingerprint density at radius 1 is 1.02 bits per heavy atom. The van der Waals surface area contributed by atoms with Crippen LogP contribution in [0.1, 0.15) is 87.3 Å². The summed E-state index contributed by atoms with van der Waals surface area (Å²) in [5.74, 6) is 0.452. The zero-order valence-electron chi connectivity index (χ0n) is 27.8. The fraction of sp³-hybridized carbons (Fsp3) is 0.459. The lowest BCUT2D eigenvalue weighted by Gasteiger charge is -2.48. The van der Waals surface area contributed by atoms with Crippen molar-refractivity contribution < 1.29 is 14.3 Å². The zero-order chi connectivity index (χ0) is 32.3. The maximum Gasteiger partial charge on any atom is 0.338 e. The van der Waals surface area contributed by atoms with Crippen LogP contribution in [0.4, 0.5) is 17.2 Å². The van der Waals surface area contributed by atoms with Crippen molar-refractivity contribution in [3.8, 4) is 11.3 Å². The highest BCUT2D eigenvalue weighted by molar-refractivity contribution is 6.09. The van der Waals surface area contributed by atoms with Gasteiger partial charge in [-0.15, -0.1) is 0 Å². The monoisotopic (exact) mass is 620 g/mol. The fourth-order valence-electron chi connectivity index (χ4n) is 7.51. The van der Waals surface area contributed by atoms with Crippen LogP contribution >= 0.6 is 0 Å². The second kappa shape index (κ2) is 11.5. The van der Waals surface area contributed by atoms with E-state index in [1.165, 1.54) is 39.5 Å². The molecule has 0 spiro atoms. The molecule has 4 heterocycles. The Hall–Kier alpha value is -4.24. The summed E-state index contributed by atoms with van der Waals surface area (Å²) in [7, 11) is 1.39. The third-order valence-electron chi connectivity index (χ3n) is 10.4. The van der Waals surface area contributed by atoms with Crippen LogP contribution in [0.25, 0.3) is 22.3 Å². The molecule has 0 radical (unpaired) electrons. The van der Waals surface area contributed by atoms with Gasteiger partial charge in [-0.05, 0) is 109 Å². The second-order valence-corrected chi connectivity index (χ2v) is 14.0. The predicted molar refractivity (Wildman–Crippen MR) is 182 cm³/mol. The van der Waals surface area contributed by atoms with Gasteiger partial charge in [-0.1, -0.05) is 24.6 Å². The van der Waals surface area contributed by atoms with Crippen LogP contribution in [0.5, 0.6) is 0 Å². The summed E-state index contributed by atoms with van der Waals surface area (Å²) in [6.07, 6.45) is 7.80. The van der Waals surface area contributed by atoms with Crippen LogP contribution in [-0.4, -0.2) is 63.6 Å². The number of carbonyl (C=O) groups excluding carboxylic acids is 2. The fourth-order valence-corrected chi connectivity index (χ4v) is 7.51. The second-order valence-electron chi connectivity index (χ2n) is 14.0. The van der Waals surface area contributed by atoms with Crippen LogP contribution < -0.4 is 10.2 Å². The molecule has 3 aliphatic rings. The maximum atomic E-state index is 13.9. The van der Waals surface area contributed by atoms with Gasteiger partial charge in [0.05, 0.1) is 35.6 Å². The molecule has 0 unspecified atom stereocenters. The van der Waals surface area contributed by atoms with Crippen molar-refractivity contribution >= 4 is 40.1 Å². The lowest BCUT2D eigenvalue weighted by atomic mass is 9.82. The number of hydrogen-bond acceptors (Lipinski definition) is 7. The Bertz CT molecular complexity index is 1830. The summed E-state index contributed by atoms with van der Waals surface area (Å²) in [6, 6.07) is 15.0. The van der Waals surface area contributed by atoms with Crippen molar-refractivity contribution in [3.05, 3.63) is 65.5 Å². The minimum absolute atomic E-state index is 0.167. The minimum atomic E-state index is -0.576. The Morgan fingerprint density at radius 2 is 1.78 bits per heavy atom. The first-order chi connectivity index (χ1) is 22.1. The van der Waals surface area contributed by atoms with Crippen LogP contribution in [0.2, 0.25) is 0 Å². The number of rotatable bonds is 7. The molecule has 7 rings (SSSR count). The number of aryl methyl sites for hydroxylation is 1. The van der Waals surface area contributed by atoms with Gasteiger partial charge in [0, 0.05) is 35.1 Å². The molecule has 2 aliphatic heterocycles. The molecule has 9 nitrogen and oxygen atoms in total. The van der Waals surface area contributed by atoms with E-state index in [9.17, 15) is 9.59 Å². The molecular formula is C37H44N6O3. The van der Waals surface area contributed by atoms with Gasteiger partial charge >= 0.3 is 5.97 Å². The van der Waals surface area contributed by atoms with E-state index in [4.69, 9.17) is 14.7 Å². The molecule has 2 fully saturated rings. The molecule has 1 aliphatic carbocycles. The van der Waals surface area contributed by atoms with E-state index >= 15 is 0 Å². The van der Waals surface area contributed by atoms with E-state index in [2.05, 4.69) is 51.7 Å². The summed E-state index contributed by atoms with van der Waals surface area (Å²) < 4.78 is 7.12. The SMILES string of the molecule is COC(=O)c1cc(Nc2nc(-c3ccc4c(c3)N(C3CC(N5CCCCC5)C3)C(=O)C4(C)C)cc3ncn(C(C)C)c23)ccc1C. The predicted octanol–water partition coefficient (Wildman–Crippen LogP) is 7.16. The summed E-state index contributed by atoms with van der Waals surface area (Å²) in [5, 5.41) is 3.49. The molecule has 2 aromatic heterocycles. The molecule has 9 heteroatoms. The van der Waals surface area contributed by atoms with E-state index in [-0.39, 0.29) is 24.0 Å². The molecule has 1 saturated heterocycles. The summed E-state index contributed by atoms with van der Waals surface area (Å²) >= 11 is 0. The van der Waals surface area contributed by atoms with Gasteiger partial charge in [0.15, 0.2) is 5.82 Å². The number of likely N-dealkylation sites (tertiary alicyclic amines) is 1. The number of amides is 1. The lowest BCUT2D eigenvalue weighted by Crippen LogP contribution is -2.57. The molecule has 0 bridgehead atoms. The zero-order valence-corrected chi connectivity index (χ0v) is 27.8. The van der Waals surface area contributed by atoms with Gasteiger partial charge in [0.1, 0.15) is 5.52 Å². The highest BCUT2D eigenvalue weighted by Gasteiger charge is 2.50. The Morgan fingerprint density at radius 3 is 2.50 bits per heavy atom. The van der Waals surface area contributed by atoms with E-state index in [1.807, 2.05) is 45.3 Å². The number of nitrogens with one attached hydrogen (secondary N) is 1. The van der Waals surface area contributed by atoms with Crippen molar-refractivity contribution in [2.24, 2.45) is 0 Å². The molecule has 240 valence electrons. The first kappa shape index (κ1) is 30.4. The van der Waals surface area contributed by atoms with Crippen molar-refractivity contribution in [1.82, 2.24) is 19.4 Å². The van der Waals surface area contributed by atoms with E-state index in [0.717, 1.165) is 57.6 Å². The van der Waals surface area contributed by atoms with Crippen molar-refractivity contribution in [3.63, 3.8) is 0 Å². The number of fused-ring (bicyclic) bond motifs is 2. The molecular weight excluding hydrogens is 576 g/mol. The third kappa shape index (κ3) is 5.05.